The molecular weight excluding hydrogens is 610 g/mol. The van der Waals surface area contributed by atoms with E-state index >= 15 is 0 Å². The third-order valence-corrected chi connectivity index (χ3v) is 11.3. The van der Waals surface area contributed by atoms with Crippen molar-refractivity contribution in [1.29, 1.82) is 0 Å². The number of likely N-dealkylation sites (tertiary alicyclic amines) is 2. The van der Waals surface area contributed by atoms with Gasteiger partial charge < -0.3 is 20.4 Å². The fraction of sp³-hybridized carbons (Fsp3) is 0.500. The summed E-state index contributed by atoms with van der Waals surface area (Å²) < 4.78 is 0. The van der Waals surface area contributed by atoms with Gasteiger partial charge in [-0.15, -0.1) is 0 Å². The number of nitrogens with one attached hydrogen (secondary N) is 2. The van der Waals surface area contributed by atoms with Crippen molar-refractivity contribution in [2.45, 2.75) is 90.4 Å². The molecule has 0 bridgehead atoms. The molecule has 0 radical (unpaired) electrons. The maximum Gasteiger partial charge on any atom is 0.239 e. The number of carbonyl (C=O) groups is 2. The van der Waals surface area contributed by atoms with E-state index < -0.39 is 0 Å². The number of aromatic nitrogens is 2. The molecule has 3 aromatic rings. The average Bonchev–Trinajstić information content (AvgIpc) is 3.09. The summed E-state index contributed by atoms with van der Waals surface area (Å²) in [7, 11) is 0. The molecule has 6 rings (SSSR count). The molecule has 0 unspecified atom stereocenters. The predicted octanol–water partition coefficient (Wildman–Crippen LogP) is 5.62. The van der Waals surface area contributed by atoms with Crippen LogP contribution >= 0.6 is 0 Å². The second-order valence-corrected chi connectivity index (χ2v) is 14.5. The van der Waals surface area contributed by atoms with Crippen LogP contribution in [0.15, 0.2) is 67.5 Å². The Bertz CT molecular complexity index is 1570. The van der Waals surface area contributed by atoms with E-state index in [0.29, 0.717) is 12.6 Å². The fourth-order valence-corrected chi connectivity index (χ4v) is 7.72. The van der Waals surface area contributed by atoms with Crippen LogP contribution in [-0.2, 0) is 22.7 Å². The van der Waals surface area contributed by atoms with Gasteiger partial charge >= 0.3 is 0 Å². The molecule has 9 heteroatoms. The first-order valence-electron chi connectivity index (χ1n) is 18.1. The molecule has 1 aromatic heterocycles. The van der Waals surface area contributed by atoms with E-state index in [-0.39, 0.29) is 29.8 Å². The monoisotopic (exact) mass is 663 g/mol. The lowest BCUT2D eigenvalue weighted by atomic mass is 9.85. The first-order chi connectivity index (χ1) is 23.7. The predicted molar refractivity (Wildman–Crippen MR) is 196 cm³/mol. The van der Waals surface area contributed by atoms with Gasteiger partial charge in [-0.25, -0.2) is 9.97 Å². The molecular formula is C40H53N7O2. The van der Waals surface area contributed by atoms with Gasteiger partial charge in [-0.3, -0.25) is 14.5 Å². The van der Waals surface area contributed by atoms with Crippen LogP contribution in [0.1, 0.15) is 79.9 Å². The van der Waals surface area contributed by atoms with Crippen LogP contribution < -0.4 is 15.5 Å². The number of amides is 2. The maximum atomic E-state index is 12.4. The topological polar surface area (TPSA) is 93.7 Å². The number of carbonyl (C=O) groups excluding carboxylic acids is 2. The number of rotatable bonds is 12. The van der Waals surface area contributed by atoms with Crippen molar-refractivity contribution in [3.8, 4) is 0 Å². The summed E-state index contributed by atoms with van der Waals surface area (Å²) in [4.78, 5) is 41.1. The molecule has 49 heavy (non-hydrogen) atoms. The molecule has 2 aromatic carbocycles. The summed E-state index contributed by atoms with van der Waals surface area (Å²) in [5.41, 5.74) is 7.86. The van der Waals surface area contributed by atoms with E-state index in [0.717, 1.165) is 106 Å². The van der Waals surface area contributed by atoms with Crippen molar-refractivity contribution in [2.75, 3.05) is 37.6 Å². The minimum atomic E-state index is -0.158. The Hall–Kier alpha value is -4.24. The number of aryl methyl sites for hydroxylation is 2. The number of benzene rings is 2. The van der Waals surface area contributed by atoms with Gasteiger partial charge in [0.25, 0.3) is 0 Å². The summed E-state index contributed by atoms with van der Waals surface area (Å²) in [5, 5.41) is 5.73. The van der Waals surface area contributed by atoms with Crippen LogP contribution in [0.4, 0.5) is 5.69 Å². The summed E-state index contributed by atoms with van der Waals surface area (Å²) in [5.74, 6) is -0.0703. The minimum Gasteiger partial charge on any atom is -0.371 e. The summed E-state index contributed by atoms with van der Waals surface area (Å²) in [6.07, 6.45) is 9.05. The molecule has 3 heterocycles. The first kappa shape index (κ1) is 34.6. The van der Waals surface area contributed by atoms with E-state index in [1.165, 1.54) is 11.3 Å². The Morgan fingerprint density at radius 1 is 0.878 bits per heavy atom. The van der Waals surface area contributed by atoms with E-state index in [2.05, 4.69) is 103 Å². The molecule has 2 aliphatic heterocycles. The van der Waals surface area contributed by atoms with Crippen molar-refractivity contribution in [2.24, 2.45) is 5.92 Å². The Kier molecular flexibility index (Phi) is 11.0. The number of hydrogen-bond acceptors (Lipinski definition) is 7. The Balaban J connectivity index is 1.04. The Morgan fingerprint density at radius 2 is 1.53 bits per heavy atom. The SMILES string of the molecule is C=C(c1c(C)ncnc1C)N1CCC(C)(N2CCC(N(Cc3ccccc3)c3ccc(CNC(=O)CNC(=O)C4CCC4)cc3)CC2)CC1. The quantitative estimate of drug-likeness (QED) is 0.260. The lowest BCUT2D eigenvalue weighted by Crippen LogP contribution is -2.57. The number of hydrogen-bond donors (Lipinski definition) is 2. The van der Waals surface area contributed by atoms with Crippen LogP contribution in [0.5, 0.6) is 0 Å². The second-order valence-electron chi connectivity index (χ2n) is 14.5. The standard InChI is InChI=1S/C40H53N7O2/c1-29-38(30(2)44-28-43-29)31(3)45-23-19-40(4,20-24-45)46-21-17-36(18-22-46)47(27-33-9-6-5-7-10-33)35-15-13-32(14-16-35)25-41-37(48)26-42-39(49)34-11-8-12-34/h5-7,9-10,13-16,28,34,36H,3,8,11-12,17-27H2,1-2,4H3,(H,41,48)(H,42,49). The van der Waals surface area contributed by atoms with Crippen LogP contribution in [0.2, 0.25) is 0 Å². The molecule has 260 valence electrons. The molecule has 1 saturated carbocycles. The van der Waals surface area contributed by atoms with E-state index in [1.54, 1.807) is 6.33 Å². The zero-order chi connectivity index (χ0) is 34.4. The number of nitrogens with zero attached hydrogens (tertiary/aromatic N) is 5. The lowest BCUT2D eigenvalue weighted by molar-refractivity contribution is -0.130. The molecule has 9 nitrogen and oxygen atoms in total. The van der Waals surface area contributed by atoms with Gasteiger partial charge in [0.1, 0.15) is 6.33 Å². The van der Waals surface area contributed by atoms with Crippen LogP contribution in [0.25, 0.3) is 5.70 Å². The third kappa shape index (κ3) is 8.32. The zero-order valence-electron chi connectivity index (χ0n) is 29.6. The minimum absolute atomic E-state index is 0.000694. The van der Waals surface area contributed by atoms with Crippen molar-refractivity contribution < 1.29 is 9.59 Å². The molecule has 0 atom stereocenters. The Labute approximate surface area is 292 Å². The van der Waals surface area contributed by atoms with Crippen molar-refractivity contribution in [1.82, 2.24) is 30.4 Å². The average molecular weight is 664 g/mol. The van der Waals surface area contributed by atoms with Gasteiger partial charge in [0, 0.05) is 73.7 Å². The van der Waals surface area contributed by atoms with Gasteiger partial charge in [0.2, 0.25) is 11.8 Å². The molecule has 2 saturated heterocycles. The zero-order valence-corrected chi connectivity index (χ0v) is 29.6. The van der Waals surface area contributed by atoms with Gasteiger partial charge in [-0.1, -0.05) is 55.5 Å². The second kappa shape index (κ2) is 15.5. The summed E-state index contributed by atoms with van der Waals surface area (Å²) >= 11 is 0. The summed E-state index contributed by atoms with van der Waals surface area (Å²) in [6.45, 7) is 16.5. The van der Waals surface area contributed by atoms with Crippen LogP contribution in [-0.4, -0.2) is 75.9 Å². The van der Waals surface area contributed by atoms with Crippen molar-refractivity contribution in [3.63, 3.8) is 0 Å². The van der Waals surface area contributed by atoms with E-state index in [4.69, 9.17) is 0 Å². The number of piperidine rings is 2. The van der Waals surface area contributed by atoms with Gasteiger partial charge in [0.15, 0.2) is 0 Å². The van der Waals surface area contributed by atoms with Gasteiger partial charge in [0.05, 0.1) is 17.9 Å². The third-order valence-electron chi connectivity index (χ3n) is 11.3. The normalized spacial score (nSPS) is 18.4. The van der Waals surface area contributed by atoms with E-state index in [1.807, 2.05) is 13.8 Å². The summed E-state index contributed by atoms with van der Waals surface area (Å²) in [6, 6.07) is 19.8. The van der Waals surface area contributed by atoms with Crippen molar-refractivity contribution >= 4 is 23.2 Å². The molecule has 1 aliphatic carbocycles. The molecule has 3 aliphatic rings. The largest absolute Gasteiger partial charge is 0.371 e. The van der Waals surface area contributed by atoms with Crippen LogP contribution in [0.3, 0.4) is 0 Å². The molecule has 2 amide bonds. The maximum absolute atomic E-state index is 12.4. The lowest BCUT2D eigenvalue weighted by Gasteiger charge is -2.51. The fourth-order valence-electron chi connectivity index (χ4n) is 7.72. The van der Waals surface area contributed by atoms with E-state index in [9.17, 15) is 9.59 Å². The molecule has 3 fully saturated rings. The van der Waals surface area contributed by atoms with Gasteiger partial charge in [-0.2, -0.15) is 0 Å². The highest BCUT2D eigenvalue weighted by molar-refractivity contribution is 5.86. The molecule has 2 N–H and O–H groups in total. The van der Waals surface area contributed by atoms with Crippen molar-refractivity contribution in [3.05, 3.63) is 95.6 Å². The highest BCUT2D eigenvalue weighted by Crippen LogP contribution is 2.36. The molecule has 0 spiro atoms. The smallest absolute Gasteiger partial charge is 0.239 e. The highest BCUT2D eigenvalue weighted by Gasteiger charge is 2.39. The first-order valence-corrected chi connectivity index (χ1v) is 18.1. The number of anilines is 1. The Morgan fingerprint density at radius 3 is 2.14 bits per heavy atom. The highest BCUT2D eigenvalue weighted by atomic mass is 16.2. The van der Waals surface area contributed by atoms with Crippen LogP contribution in [0, 0.1) is 19.8 Å². The van der Waals surface area contributed by atoms with Gasteiger partial charge in [-0.05, 0) is 82.6 Å².